The smallest absolute Gasteiger partial charge is 0.410 e. The Balaban J connectivity index is 1.31. The highest BCUT2D eigenvalue weighted by Gasteiger charge is 2.39. The van der Waals surface area contributed by atoms with Crippen molar-refractivity contribution in [1.29, 1.82) is 0 Å². The van der Waals surface area contributed by atoms with Gasteiger partial charge in [0.1, 0.15) is 17.1 Å². The number of fused-ring (bicyclic) bond motifs is 1. The van der Waals surface area contributed by atoms with Gasteiger partial charge in [-0.2, -0.15) is 5.10 Å². The lowest BCUT2D eigenvalue weighted by atomic mass is 9.79. The van der Waals surface area contributed by atoms with Crippen LogP contribution in [0.4, 0.5) is 16.3 Å². The average molecular weight is 551 g/mol. The summed E-state index contributed by atoms with van der Waals surface area (Å²) in [6.07, 6.45) is 6.52. The Morgan fingerprint density at radius 3 is 2.62 bits per heavy atom. The number of hydrogen-bond acceptors (Lipinski definition) is 6. The van der Waals surface area contributed by atoms with Crippen molar-refractivity contribution in [1.82, 2.24) is 19.5 Å². The minimum Gasteiger partial charge on any atom is -0.444 e. The van der Waals surface area contributed by atoms with Crippen LogP contribution in [0.5, 0.6) is 0 Å². The van der Waals surface area contributed by atoms with Gasteiger partial charge < -0.3 is 19.9 Å². The van der Waals surface area contributed by atoms with Gasteiger partial charge in [-0.25, -0.2) is 14.3 Å². The van der Waals surface area contributed by atoms with Crippen LogP contribution < -0.4 is 15.5 Å². The van der Waals surface area contributed by atoms with Crippen molar-refractivity contribution in [2.24, 2.45) is 5.41 Å². The Morgan fingerprint density at radius 2 is 1.90 bits per heavy atom. The Kier molecular flexibility index (Phi) is 7.31. The summed E-state index contributed by atoms with van der Waals surface area (Å²) in [5.74, 6) is 0.798. The molecule has 0 radical (unpaired) electrons. The normalized spacial score (nSPS) is 19.4. The monoisotopic (exact) mass is 550 g/mol. The first-order valence-electron chi connectivity index (χ1n) is 13.7. The molecule has 2 aromatic heterocycles. The lowest BCUT2D eigenvalue weighted by molar-refractivity contribution is -0.127. The van der Waals surface area contributed by atoms with Gasteiger partial charge >= 0.3 is 6.09 Å². The van der Waals surface area contributed by atoms with E-state index < -0.39 is 11.0 Å². The Labute approximate surface area is 232 Å². The third kappa shape index (κ3) is 5.74. The van der Waals surface area contributed by atoms with Crippen LogP contribution in [0.2, 0.25) is 0 Å². The van der Waals surface area contributed by atoms with Gasteiger partial charge in [0, 0.05) is 25.8 Å². The van der Waals surface area contributed by atoms with Gasteiger partial charge in [-0.15, -0.1) is 9.24 Å². The number of amides is 2. The third-order valence-electron chi connectivity index (χ3n) is 7.88. The van der Waals surface area contributed by atoms with E-state index in [9.17, 15) is 9.59 Å². The topological polar surface area (TPSA) is 92.1 Å². The van der Waals surface area contributed by atoms with Crippen molar-refractivity contribution >= 4 is 43.7 Å². The zero-order chi connectivity index (χ0) is 27.9. The Hall–Kier alpha value is -3.19. The summed E-state index contributed by atoms with van der Waals surface area (Å²) < 4.78 is 7.20. The molecule has 0 spiro atoms. The second kappa shape index (κ2) is 10.4. The number of nitrogens with one attached hydrogen (secondary N) is 1. The maximum atomic E-state index is 13.5. The quantitative estimate of drug-likeness (QED) is 0.467. The predicted octanol–water partition coefficient (Wildman–Crippen LogP) is 4.86. The molecule has 2 fully saturated rings. The molecule has 4 heterocycles. The van der Waals surface area contributed by atoms with Crippen LogP contribution >= 0.6 is 9.24 Å². The highest BCUT2D eigenvalue weighted by atomic mass is 31.0. The number of likely N-dealkylation sites (tertiary alicyclic amines) is 1. The van der Waals surface area contributed by atoms with Crippen molar-refractivity contribution < 1.29 is 14.3 Å². The maximum Gasteiger partial charge on any atom is 0.410 e. The van der Waals surface area contributed by atoms with Crippen LogP contribution in [0.1, 0.15) is 70.5 Å². The fourth-order valence-electron chi connectivity index (χ4n) is 5.50. The standard InChI is InChI=1S/C29H39N6O3P/c1-19-8-9-20(39)17-21(19)23-7-6-13-34(23)24-10-14-35-25(32-24)22(18-30-35)31-26(36)29(5)11-15-33(16-12-29)27(37)38-28(2,3)4/h8-10,14,17-18,23H,6-7,11-13,15-16,39H2,1-5H3,(H,31,36). The highest BCUT2D eigenvalue weighted by Crippen LogP contribution is 2.37. The van der Waals surface area contributed by atoms with Crippen LogP contribution in [0.3, 0.4) is 0 Å². The molecule has 2 amide bonds. The van der Waals surface area contributed by atoms with Crippen LogP contribution in [0.25, 0.3) is 5.65 Å². The number of anilines is 2. The molecule has 9 nitrogen and oxygen atoms in total. The predicted molar refractivity (Wildman–Crippen MR) is 157 cm³/mol. The number of aryl methyl sites for hydroxylation is 1. The molecule has 10 heteroatoms. The van der Waals surface area contributed by atoms with Crippen LogP contribution in [-0.2, 0) is 9.53 Å². The molecular weight excluding hydrogens is 511 g/mol. The van der Waals surface area contributed by atoms with Crippen LogP contribution in [0.15, 0.2) is 36.7 Å². The number of rotatable bonds is 4. The zero-order valence-electron chi connectivity index (χ0n) is 23.5. The van der Waals surface area contributed by atoms with Gasteiger partial charge in [0.15, 0.2) is 5.65 Å². The second-order valence-electron chi connectivity index (χ2n) is 12.1. The van der Waals surface area contributed by atoms with Gasteiger partial charge in [-0.3, -0.25) is 4.79 Å². The molecule has 0 aliphatic carbocycles. The summed E-state index contributed by atoms with van der Waals surface area (Å²) in [6.45, 7) is 11.6. The molecule has 208 valence electrons. The molecule has 2 atom stereocenters. The number of carbonyl (C=O) groups is 2. The van der Waals surface area contributed by atoms with Crippen molar-refractivity contribution in [2.45, 2.75) is 71.9 Å². The molecule has 1 N–H and O–H groups in total. The van der Waals surface area contributed by atoms with E-state index >= 15 is 0 Å². The summed E-state index contributed by atoms with van der Waals surface area (Å²) in [5, 5.41) is 8.70. The molecule has 0 saturated carbocycles. The molecule has 1 aromatic carbocycles. The van der Waals surface area contributed by atoms with Gasteiger partial charge in [0.2, 0.25) is 5.91 Å². The minimum atomic E-state index is -0.606. The molecular formula is C29H39N6O3P. The van der Waals surface area contributed by atoms with E-state index in [2.05, 4.69) is 49.7 Å². The summed E-state index contributed by atoms with van der Waals surface area (Å²) >= 11 is 0. The van der Waals surface area contributed by atoms with E-state index in [4.69, 9.17) is 9.72 Å². The van der Waals surface area contributed by atoms with Crippen molar-refractivity contribution in [3.63, 3.8) is 0 Å². The van der Waals surface area contributed by atoms with E-state index in [1.165, 1.54) is 16.4 Å². The molecule has 2 aliphatic heterocycles. The van der Waals surface area contributed by atoms with Crippen LogP contribution in [-0.4, -0.2) is 56.7 Å². The number of aromatic nitrogens is 3. The van der Waals surface area contributed by atoms with Crippen molar-refractivity contribution in [3.05, 3.63) is 47.8 Å². The van der Waals surface area contributed by atoms with Crippen LogP contribution in [0, 0.1) is 12.3 Å². The lowest BCUT2D eigenvalue weighted by Crippen LogP contribution is -2.48. The van der Waals surface area contributed by atoms with Gasteiger partial charge in [0.25, 0.3) is 0 Å². The molecule has 39 heavy (non-hydrogen) atoms. The second-order valence-corrected chi connectivity index (χ2v) is 12.7. The maximum absolute atomic E-state index is 13.5. The van der Waals surface area contributed by atoms with Gasteiger partial charge in [-0.05, 0) is 81.9 Å². The van der Waals surface area contributed by atoms with Gasteiger partial charge in [0.05, 0.1) is 17.7 Å². The van der Waals surface area contributed by atoms with Crippen molar-refractivity contribution in [3.8, 4) is 0 Å². The summed E-state index contributed by atoms with van der Waals surface area (Å²) in [4.78, 5) is 34.9. The zero-order valence-corrected chi connectivity index (χ0v) is 24.7. The number of benzene rings is 1. The SMILES string of the molecule is Cc1ccc(P)cc1C1CCCN1c1ccn2ncc(NC(=O)C3(C)CCN(C(=O)OC(C)(C)C)CC3)c2n1. The van der Waals surface area contributed by atoms with E-state index in [1.54, 1.807) is 15.6 Å². The van der Waals surface area contributed by atoms with Crippen molar-refractivity contribution in [2.75, 3.05) is 29.9 Å². The summed E-state index contributed by atoms with van der Waals surface area (Å²) in [7, 11) is 2.80. The summed E-state index contributed by atoms with van der Waals surface area (Å²) in [6, 6.07) is 8.80. The third-order valence-corrected chi connectivity index (χ3v) is 8.24. The molecule has 3 aromatic rings. The minimum absolute atomic E-state index is 0.0830. The largest absolute Gasteiger partial charge is 0.444 e. The average Bonchev–Trinajstić information content (AvgIpc) is 3.52. The number of nitrogens with zero attached hydrogens (tertiary/aromatic N) is 5. The fourth-order valence-corrected chi connectivity index (χ4v) is 5.78. The first kappa shape index (κ1) is 27.4. The first-order chi connectivity index (χ1) is 18.4. The Bertz CT molecular complexity index is 1390. The molecule has 0 bridgehead atoms. The molecule has 2 saturated heterocycles. The van der Waals surface area contributed by atoms with E-state index in [0.717, 1.165) is 25.2 Å². The number of ether oxygens (including phenoxy) is 1. The highest BCUT2D eigenvalue weighted by molar-refractivity contribution is 7.27. The lowest BCUT2D eigenvalue weighted by Gasteiger charge is -2.38. The molecule has 2 unspecified atom stereocenters. The first-order valence-corrected chi connectivity index (χ1v) is 14.3. The van der Waals surface area contributed by atoms with Gasteiger partial charge in [-0.1, -0.05) is 19.1 Å². The molecule has 2 aliphatic rings. The van der Waals surface area contributed by atoms with E-state index in [0.29, 0.717) is 37.3 Å². The Morgan fingerprint density at radius 1 is 1.15 bits per heavy atom. The number of piperidine rings is 1. The number of hydrogen-bond donors (Lipinski definition) is 1. The van der Waals surface area contributed by atoms with E-state index in [1.807, 2.05) is 40.0 Å². The fraction of sp³-hybridized carbons (Fsp3) is 0.517. The number of carbonyl (C=O) groups excluding carboxylic acids is 2. The summed E-state index contributed by atoms with van der Waals surface area (Å²) in [5.41, 5.74) is 2.68. The molecule has 5 rings (SSSR count). The van der Waals surface area contributed by atoms with E-state index in [-0.39, 0.29) is 18.0 Å².